The summed E-state index contributed by atoms with van der Waals surface area (Å²) in [5.74, 6) is -0.0541. The minimum Gasteiger partial charge on any atom is -0.350 e. The van der Waals surface area contributed by atoms with Crippen LogP contribution in [0.1, 0.15) is 41.5 Å². The third-order valence-corrected chi connectivity index (χ3v) is 4.02. The fourth-order valence-corrected chi connectivity index (χ4v) is 3.05. The van der Waals surface area contributed by atoms with Crippen LogP contribution >= 0.6 is 0 Å². The van der Waals surface area contributed by atoms with Crippen molar-refractivity contribution in [2.75, 3.05) is 20.1 Å². The molecular weight excluding hydrogens is 268 g/mol. The predicted octanol–water partition coefficient (Wildman–Crippen LogP) is 0.913. The number of aryl methyl sites for hydroxylation is 1. The molecule has 2 rings (SSSR count). The van der Waals surface area contributed by atoms with E-state index in [0.717, 1.165) is 31.6 Å². The summed E-state index contributed by atoms with van der Waals surface area (Å²) in [5.41, 5.74) is 2.07. The second-order valence-corrected chi connectivity index (χ2v) is 5.93. The number of Topliss-reactive ketones (excluding diaryl/α,β-unsaturated/α-hetero) is 1. The van der Waals surface area contributed by atoms with Crippen LogP contribution in [0.25, 0.3) is 0 Å². The Labute approximate surface area is 125 Å². The molecule has 0 radical (unpaired) electrons. The predicted molar refractivity (Wildman–Crippen MR) is 80.4 cm³/mol. The molecule has 0 spiro atoms. The van der Waals surface area contributed by atoms with Crippen molar-refractivity contribution >= 4 is 11.7 Å². The Kier molecular flexibility index (Phi) is 4.77. The normalized spacial score (nSPS) is 19.5. The molecule has 116 valence electrons. The van der Waals surface area contributed by atoms with E-state index in [2.05, 4.69) is 22.4 Å². The van der Waals surface area contributed by atoms with Gasteiger partial charge in [-0.1, -0.05) is 0 Å². The first-order valence-electron chi connectivity index (χ1n) is 7.41. The molecule has 1 aliphatic heterocycles. The summed E-state index contributed by atoms with van der Waals surface area (Å²) in [7, 11) is 2.07. The Morgan fingerprint density at radius 1 is 1.38 bits per heavy atom. The number of hydrogen-bond acceptors (Lipinski definition) is 4. The van der Waals surface area contributed by atoms with Crippen LogP contribution in [-0.2, 0) is 11.3 Å². The standard InChI is InChI=1S/C15H24N4O2/c1-10-15(12(3)20)11(2)19(17-10)9-14(21)16-13-6-5-7-18(4)8-13/h13H,5-9H2,1-4H3,(H,16,21)/t13-/m1/s1. The number of piperidine rings is 1. The number of aromatic nitrogens is 2. The summed E-state index contributed by atoms with van der Waals surface area (Å²) in [6.07, 6.45) is 2.13. The number of amides is 1. The maximum atomic E-state index is 12.2. The van der Waals surface area contributed by atoms with Crippen LogP contribution in [0.4, 0.5) is 0 Å². The van der Waals surface area contributed by atoms with Crippen LogP contribution < -0.4 is 5.32 Å². The molecule has 1 aromatic heterocycles. The summed E-state index contributed by atoms with van der Waals surface area (Å²) in [4.78, 5) is 26.0. The van der Waals surface area contributed by atoms with Gasteiger partial charge in [-0.2, -0.15) is 5.10 Å². The van der Waals surface area contributed by atoms with E-state index < -0.39 is 0 Å². The zero-order chi connectivity index (χ0) is 15.6. The Bertz CT molecular complexity index is 550. The fraction of sp³-hybridized carbons (Fsp3) is 0.667. The van der Waals surface area contributed by atoms with Crippen LogP contribution in [0, 0.1) is 13.8 Å². The average molecular weight is 292 g/mol. The van der Waals surface area contributed by atoms with Crippen molar-refractivity contribution in [2.24, 2.45) is 0 Å². The fourth-order valence-electron chi connectivity index (χ4n) is 3.05. The van der Waals surface area contributed by atoms with Gasteiger partial charge in [0, 0.05) is 18.3 Å². The molecule has 1 saturated heterocycles. The SMILES string of the molecule is CC(=O)c1c(C)nn(CC(=O)N[C@@H]2CCCN(C)C2)c1C. The smallest absolute Gasteiger partial charge is 0.242 e. The van der Waals surface area contributed by atoms with Crippen LogP contribution in [0.2, 0.25) is 0 Å². The highest BCUT2D eigenvalue weighted by molar-refractivity contribution is 5.96. The summed E-state index contributed by atoms with van der Waals surface area (Å²) < 4.78 is 1.62. The van der Waals surface area contributed by atoms with E-state index in [1.165, 1.54) is 6.92 Å². The largest absolute Gasteiger partial charge is 0.350 e. The molecule has 1 fully saturated rings. The van der Waals surface area contributed by atoms with Crippen molar-refractivity contribution < 1.29 is 9.59 Å². The molecule has 6 nitrogen and oxygen atoms in total. The molecule has 0 saturated carbocycles. The monoisotopic (exact) mass is 292 g/mol. The molecule has 2 heterocycles. The number of nitrogens with zero attached hydrogens (tertiary/aromatic N) is 3. The minimum atomic E-state index is -0.0454. The molecule has 1 N–H and O–H groups in total. The zero-order valence-electron chi connectivity index (χ0n) is 13.3. The quantitative estimate of drug-likeness (QED) is 0.838. The molecule has 0 aliphatic carbocycles. The van der Waals surface area contributed by atoms with Gasteiger partial charge in [0.05, 0.1) is 11.3 Å². The number of rotatable bonds is 4. The number of hydrogen-bond donors (Lipinski definition) is 1. The molecule has 1 atom stereocenters. The lowest BCUT2D eigenvalue weighted by molar-refractivity contribution is -0.122. The Morgan fingerprint density at radius 3 is 2.67 bits per heavy atom. The van der Waals surface area contributed by atoms with Crippen LogP contribution in [0.15, 0.2) is 0 Å². The van der Waals surface area contributed by atoms with Gasteiger partial charge in [-0.15, -0.1) is 0 Å². The van der Waals surface area contributed by atoms with E-state index in [4.69, 9.17) is 0 Å². The molecule has 0 bridgehead atoms. The summed E-state index contributed by atoms with van der Waals surface area (Å²) in [6.45, 7) is 7.31. The minimum absolute atomic E-state index is 0.00874. The number of likely N-dealkylation sites (tertiary alicyclic amines) is 1. The molecule has 1 aromatic rings. The van der Waals surface area contributed by atoms with Gasteiger partial charge in [-0.05, 0) is 47.2 Å². The molecular formula is C15H24N4O2. The van der Waals surface area contributed by atoms with Crippen molar-refractivity contribution in [3.05, 3.63) is 17.0 Å². The molecule has 6 heteroatoms. The van der Waals surface area contributed by atoms with Gasteiger partial charge < -0.3 is 10.2 Å². The van der Waals surface area contributed by atoms with Gasteiger partial charge >= 0.3 is 0 Å². The third-order valence-electron chi connectivity index (χ3n) is 4.02. The number of nitrogens with one attached hydrogen (secondary N) is 1. The lowest BCUT2D eigenvalue weighted by Gasteiger charge is -2.30. The Hall–Kier alpha value is -1.69. The number of carbonyl (C=O) groups excluding carboxylic acids is 2. The maximum absolute atomic E-state index is 12.2. The van der Waals surface area contributed by atoms with E-state index in [0.29, 0.717) is 11.3 Å². The Balaban J connectivity index is 2.00. The lowest BCUT2D eigenvalue weighted by Crippen LogP contribution is -2.47. The second kappa shape index (κ2) is 6.39. The highest BCUT2D eigenvalue weighted by atomic mass is 16.2. The van der Waals surface area contributed by atoms with Crippen LogP contribution in [0.3, 0.4) is 0 Å². The average Bonchev–Trinajstić information content (AvgIpc) is 2.64. The van der Waals surface area contributed by atoms with Crippen molar-refractivity contribution in [1.29, 1.82) is 0 Å². The van der Waals surface area contributed by atoms with Crippen LogP contribution in [-0.4, -0.2) is 52.5 Å². The van der Waals surface area contributed by atoms with E-state index in [-0.39, 0.29) is 24.3 Å². The molecule has 0 unspecified atom stereocenters. The van der Waals surface area contributed by atoms with Crippen molar-refractivity contribution in [1.82, 2.24) is 20.0 Å². The van der Waals surface area contributed by atoms with E-state index in [1.807, 2.05) is 6.92 Å². The second-order valence-electron chi connectivity index (χ2n) is 5.93. The molecule has 1 aliphatic rings. The number of ketones is 1. The third kappa shape index (κ3) is 3.69. The Morgan fingerprint density at radius 2 is 2.10 bits per heavy atom. The van der Waals surface area contributed by atoms with Gasteiger partial charge in [-0.3, -0.25) is 14.3 Å². The first kappa shape index (κ1) is 15.7. The first-order valence-corrected chi connectivity index (χ1v) is 7.41. The van der Waals surface area contributed by atoms with Gasteiger partial charge in [0.25, 0.3) is 0 Å². The number of carbonyl (C=O) groups is 2. The summed E-state index contributed by atoms with van der Waals surface area (Å²) in [6, 6.07) is 0.209. The summed E-state index contributed by atoms with van der Waals surface area (Å²) >= 11 is 0. The van der Waals surface area contributed by atoms with E-state index in [1.54, 1.807) is 11.6 Å². The highest BCUT2D eigenvalue weighted by Gasteiger charge is 2.21. The van der Waals surface area contributed by atoms with Gasteiger partial charge in [0.2, 0.25) is 5.91 Å². The molecule has 0 aromatic carbocycles. The maximum Gasteiger partial charge on any atom is 0.242 e. The van der Waals surface area contributed by atoms with E-state index >= 15 is 0 Å². The van der Waals surface area contributed by atoms with Crippen LogP contribution in [0.5, 0.6) is 0 Å². The van der Waals surface area contributed by atoms with Crippen molar-refractivity contribution in [3.8, 4) is 0 Å². The van der Waals surface area contributed by atoms with Gasteiger partial charge in [0.1, 0.15) is 6.54 Å². The summed E-state index contributed by atoms with van der Waals surface area (Å²) in [5, 5.41) is 7.36. The first-order chi connectivity index (χ1) is 9.88. The van der Waals surface area contributed by atoms with Gasteiger partial charge in [0.15, 0.2) is 5.78 Å². The van der Waals surface area contributed by atoms with E-state index in [9.17, 15) is 9.59 Å². The van der Waals surface area contributed by atoms with Crippen molar-refractivity contribution in [3.63, 3.8) is 0 Å². The zero-order valence-corrected chi connectivity index (χ0v) is 13.3. The lowest BCUT2D eigenvalue weighted by atomic mass is 10.1. The molecule has 1 amide bonds. The number of likely N-dealkylation sites (N-methyl/N-ethyl adjacent to an activating group) is 1. The highest BCUT2D eigenvalue weighted by Crippen LogP contribution is 2.14. The van der Waals surface area contributed by atoms with Crippen molar-refractivity contribution in [2.45, 2.75) is 46.2 Å². The van der Waals surface area contributed by atoms with Gasteiger partial charge in [-0.25, -0.2) is 0 Å². The molecule has 21 heavy (non-hydrogen) atoms. The topological polar surface area (TPSA) is 67.2 Å².